The largest absolute Gasteiger partial charge is 0.426 e. The first kappa shape index (κ1) is 37.0. The summed E-state index contributed by atoms with van der Waals surface area (Å²) in [4.78, 5) is 51.7. The van der Waals surface area contributed by atoms with Crippen molar-refractivity contribution in [3.8, 4) is 0 Å². The van der Waals surface area contributed by atoms with Crippen molar-refractivity contribution in [2.45, 2.75) is 143 Å². The van der Waals surface area contributed by atoms with Gasteiger partial charge in [-0.25, -0.2) is 19.2 Å². The number of fused-ring (bicyclic) bond motifs is 12. The van der Waals surface area contributed by atoms with Crippen molar-refractivity contribution in [3.63, 3.8) is 0 Å². The second kappa shape index (κ2) is 15.7. The second-order valence-electron chi connectivity index (χ2n) is 15.3. The molecule has 16 unspecified atom stereocenters. The summed E-state index contributed by atoms with van der Waals surface area (Å²) < 4.78 is 46.4. The molecule has 0 aromatic carbocycles. The fourth-order valence-corrected chi connectivity index (χ4v) is 9.32. The lowest BCUT2D eigenvalue weighted by atomic mass is 9.61. The van der Waals surface area contributed by atoms with E-state index in [0.29, 0.717) is 36.5 Å². The maximum atomic E-state index is 12.9. The first-order valence-corrected chi connectivity index (χ1v) is 18.0. The van der Waals surface area contributed by atoms with Crippen LogP contribution in [0.1, 0.15) is 93.9 Å². The highest BCUT2D eigenvalue weighted by molar-refractivity contribution is 5.76. The van der Waals surface area contributed by atoms with Crippen molar-refractivity contribution in [1.82, 2.24) is 0 Å². The fraction of sp³-hybridized carbons (Fsp3) is 0.889. The lowest BCUT2D eigenvalue weighted by Gasteiger charge is -2.51. The van der Waals surface area contributed by atoms with Crippen molar-refractivity contribution >= 4 is 23.9 Å². The minimum absolute atomic E-state index is 0.214. The maximum absolute atomic E-state index is 12.9. The molecule has 0 spiro atoms. The van der Waals surface area contributed by atoms with Crippen LogP contribution in [0.5, 0.6) is 0 Å². The molecule has 272 valence electrons. The Morgan fingerprint density at radius 3 is 0.812 bits per heavy atom. The third-order valence-electron chi connectivity index (χ3n) is 12.0. The van der Waals surface area contributed by atoms with Gasteiger partial charge in [0.2, 0.25) is 13.6 Å². The third kappa shape index (κ3) is 8.36. The predicted octanol–water partition coefficient (Wildman–Crippen LogP) is 4.59. The van der Waals surface area contributed by atoms with Crippen molar-refractivity contribution in [2.24, 2.45) is 47.3 Å². The van der Waals surface area contributed by atoms with Crippen molar-refractivity contribution in [1.29, 1.82) is 0 Å². The molecular weight excluding hydrogens is 624 g/mol. The average Bonchev–Trinajstić information content (AvgIpc) is 3.03. The van der Waals surface area contributed by atoms with Gasteiger partial charge in [-0.2, -0.15) is 0 Å². The molecule has 5 aliphatic rings. The summed E-state index contributed by atoms with van der Waals surface area (Å²) in [7, 11) is 0. The molecule has 1 heterocycles. The first-order chi connectivity index (χ1) is 22.7. The van der Waals surface area contributed by atoms with Gasteiger partial charge in [-0.1, -0.05) is 27.7 Å². The summed E-state index contributed by atoms with van der Waals surface area (Å²) in [5.74, 6) is -0.144. The molecule has 16 atom stereocenters. The summed E-state index contributed by atoms with van der Waals surface area (Å²) >= 11 is 0. The van der Waals surface area contributed by atoms with Gasteiger partial charge in [-0.05, 0) is 101 Å². The highest BCUT2D eigenvalue weighted by atomic mass is 16.7. The Labute approximate surface area is 284 Å². The molecule has 4 aliphatic carbocycles. The molecule has 5 fully saturated rings. The van der Waals surface area contributed by atoms with E-state index in [1.165, 1.54) is 0 Å². The normalized spacial score (nSPS) is 47.0. The van der Waals surface area contributed by atoms with Gasteiger partial charge in [0.1, 0.15) is 0 Å². The number of cyclic esters (lactones) is 4. The number of carbonyl (C=O) groups excluding carboxylic acids is 4. The molecule has 5 rings (SSSR count). The molecule has 1 aliphatic heterocycles. The smallest absolute Gasteiger partial charge is 0.337 e. The predicted molar refractivity (Wildman–Crippen MR) is 170 cm³/mol. The van der Waals surface area contributed by atoms with Crippen LogP contribution in [-0.4, -0.2) is 86.3 Å². The number of rotatable bonds is 0. The van der Waals surface area contributed by atoms with E-state index < -0.39 is 61.9 Å². The van der Waals surface area contributed by atoms with E-state index in [9.17, 15) is 19.2 Å². The van der Waals surface area contributed by atoms with E-state index in [4.69, 9.17) is 37.9 Å². The minimum atomic E-state index is -0.904. The molecular formula is C36H56O12. The number of esters is 4. The molecule has 0 aromatic rings. The number of ether oxygens (including phenoxy) is 8. The van der Waals surface area contributed by atoms with Gasteiger partial charge in [-0.15, -0.1) is 0 Å². The summed E-state index contributed by atoms with van der Waals surface area (Å²) in [5, 5.41) is 0. The van der Waals surface area contributed by atoms with Crippen molar-refractivity contribution in [3.05, 3.63) is 0 Å². The number of hydrogen-bond donors (Lipinski definition) is 0. The lowest BCUT2D eigenvalue weighted by Crippen LogP contribution is -2.52. The Bertz CT molecular complexity index is 992. The molecule has 0 N–H and O–H groups in total. The lowest BCUT2D eigenvalue weighted by molar-refractivity contribution is -0.206. The topological polar surface area (TPSA) is 142 Å². The highest BCUT2D eigenvalue weighted by Gasteiger charge is 2.50. The van der Waals surface area contributed by atoms with Crippen LogP contribution >= 0.6 is 0 Å². The third-order valence-corrected chi connectivity index (χ3v) is 12.0. The number of carbonyl (C=O) groups is 4. The van der Waals surface area contributed by atoms with Crippen LogP contribution in [0, 0.1) is 47.3 Å². The summed E-state index contributed by atoms with van der Waals surface area (Å²) in [5.41, 5.74) is 0. The molecule has 0 aromatic heterocycles. The van der Waals surface area contributed by atoms with E-state index in [0.717, 1.165) is 25.7 Å². The summed E-state index contributed by atoms with van der Waals surface area (Å²) in [6, 6.07) is 0. The summed E-state index contributed by atoms with van der Waals surface area (Å²) in [6.07, 6.45) is -0.196. The van der Waals surface area contributed by atoms with Gasteiger partial charge in [0.05, 0.1) is 24.4 Å². The van der Waals surface area contributed by atoms with Gasteiger partial charge >= 0.3 is 23.9 Å². The number of hydrogen-bond acceptors (Lipinski definition) is 12. The van der Waals surface area contributed by atoms with Gasteiger partial charge in [0, 0.05) is 12.8 Å². The first-order valence-electron chi connectivity index (χ1n) is 18.0. The van der Waals surface area contributed by atoms with E-state index in [2.05, 4.69) is 27.7 Å². The van der Waals surface area contributed by atoms with E-state index in [-0.39, 0.29) is 48.1 Å². The minimum Gasteiger partial charge on any atom is -0.426 e. The Morgan fingerprint density at radius 2 is 0.583 bits per heavy atom. The van der Waals surface area contributed by atoms with Crippen molar-refractivity contribution < 1.29 is 57.1 Å². The molecule has 0 amide bonds. The monoisotopic (exact) mass is 680 g/mol. The zero-order valence-corrected chi connectivity index (χ0v) is 29.8. The Hall–Kier alpha value is -2.28. The second-order valence-corrected chi connectivity index (χ2v) is 15.3. The van der Waals surface area contributed by atoms with Gasteiger partial charge < -0.3 is 37.9 Å². The standard InChI is InChI=1S/C36H56O12/c1-17-9-18(2)26-11-25(17)29-13-30(26)46-22(6)34(38)43-16-44-36(40)24(8)48-32-14-31(27-12-28(32)20(4)10-19(27)3)47-23(7)35(39)42-15-41-33(37)21(5)45-29/h17-32H,9-16H2,1-8H3. The van der Waals surface area contributed by atoms with Crippen LogP contribution in [0.15, 0.2) is 0 Å². The zero-order valence-electron chi connectivity index (χ0n) is 29.8. The van der Waals surface area contributed by atoms with Crippen LogP contribution in [0.25, 0.3) is 0 Å². The van der Waals surface area contributed by atoms with Crippen LogP contribution in [0.4, 0.5) is 0 Å². The van der Waals surface area contributed by atoms with Crippen molar-refractivity contribution in [2.75, 3.05) is 13.6 Å². The van der Waals surface area contributed by atoms with E-state index in [1.807, 2.05) is 0 Å². The maximum Gasteiger partial charge on any atom is 0.337 e. The molecule has 8 bridgehead atoms. The van der Waals surface area contributed by atoms with Crippen LogP contribution < -0.4 is 0 Å². The molecule has 12 nitrogen and oxygen atoms in total. The Balaban J connectivity index is 1.31. The highest BCUT2D eigenvalue weighted by Crippen LogP contribution is 2.50. The molecule has 0 radical (unpaired) electrons. The summed E-state index contributed by atoms with van der Waals surface area (Å²) in [6.45, 7) is 14.2. The van der Waals surface area contributed by atoms with Crippen LogP contribution in [-0.2, 0) is 57.1 Å². The molecule has 1 saturated heterocycles. The van der Waals surface area contributed by atoms with Crippen LogP contribution in [0.3, 0.4) is 0 Å². The van der Waals surface area contributed by atoms with E-state index >= 15 is 0 Å². The quantitative estimate of drug-likeness (QED) is 0.331. The Kier molecular flexibility index (Phi) is 12.1. The van der Waals surface area contributed by atoms with Gasteiger partial charge in [0.25, 0.3) is 0 Å². The molecule has 12 heteroatoms. The molecule has 48 heavy (non-hydrogen) atoms. The van der Waals surface area contributed by atoms with Gasteiger partial charge in [0.15, 0.2) is 24.4 Å². The zero-order chi connectivity index (χ0) is 34.9. The molecule has 4 saturated carbocycles. The fourth-order valence-electron chi connectivity index (χ4n) is 9.32. The average molecular weight is 681 g/mol. The Morgan fingerprint density at radius 1 is 0.354 bits per heavy atom. The van der Waals surface area contributed by atoms with Crippen LogP contribution in [0.2, 0.25) is 0 Å². The van der Waals surface area contributed by atoms with E-state index in [1.54, 1.807) is 27.7 Å². The van der Waals surface area contributed by atoms with Gasteiger partial charge in [-0.3, -0.25) is 0 Å². The SMILES string of the molecule is CC1OC2CC(OC(C)C(=O)OCOC(=O)C(C)OC3CC(OC(C)C(=O)OCOC1=O)C1CC3C(C)CC1C)C1CC2C(C)CC1C.